The van der Waals surface area contributed by atoms with E-state index < -0.39 is 6.17 Å². The van der Waals surface area contributed by atoms with Gasteiger partial charge in [0.25, 0.3) is 5.89 Å². The highest BCUT2D eigenvalue weighted by molar-refractivity contribution is 6.02. The summed E-state index contributed by atoms with van der Waals surface area (Å²) in [6, 6.07) is 9.27. The van der Waals surface area contributed by atoms with Crippen molar-refractivity contribution in [1.82, 2.24) is 29.9 Å². The molecule has 2 N–H and O–H groups in total. The molecular formula is C35H44FN9O2. The minimum absolute atomic E-state index is 0.136. The summed E-state index contributed by atoms with van der Waals surface area (Å²) in [5.41, 5.74) is 12.2. The molecule has 47 heavy (non-hydrogen) atoms. The van der Waals surface area contributed by atoms with Gasteiger partial charge in [0.2, 0.25) is 0 Å². The molecule has 0 radical (unpaired) electrons. The molecule has 1 aliphatic carbocycles. The van der Waals surface area contributed by atoms with Crippen molar-refractivity contribution in [1.29, 1.82) is 0 Å². The number of aliphatic imine (C=N–C) groups is 1. The monoisotopic (exact) mass is 641 g/mol. The van der Waals surface area contributed by atoms with Gasteiger partial charge in [0.05, 0.1) is 34.7 Å². The first-order valence-electron chi connectivity index (χ1n) is 17.1. The van der Waals surface area contributed by atoms with Crippen molar-refractivity contribution in [2.24, 2.45) is 10.7 Å². The predicted molar refractivity (Wildman–Crippen MR) is 177 cm³/mol. The van der Waals surface area contributed by atoms with E-state index >= 15 is 0 Å². The average Bonchev–Trinajstić information content (AvgIpc) is 3.69. The molecule has 2 aromatic heterocycles. The Morgan fingerprint density at radius 2 is 2.02 bits per heavy atom. The van der Waals surface area contributed by atoms with Gasteiger partial charge in [0.1, 0.15) is 18.6 Å². The summed E-state index contributed by atoms with van der Waals surface area (Å²) in [5, 5.41) is 3.88. The smallest absolute Gasteiger partial charge is 0.318 e. The lowest BCUT2D eigenvalue weighted by Crippen LogP contribution is -2.51. The van der Waals surface area contributed by atoms with E-state index in [1.807, 2.05) is 6.08 Å². The maximum Gasteiger partial charge on any atom is 0.318 e. The third-order valence-electron chi connectivity index (χ3n) is 11.1. The highest BCUT2D eigenvalue weighted by atomic mass is 19.1. The van der Waals surface area contributed by atoms with Crippen molar-refractivity contribution in [3.63, 3.8) is 0 Å². The second-order valence-corrected chi connectivity index (χ2v) is 14.1. The van der Waals surface area contributed by atoms with Crippen LogP contribution >= 0.6 is 0 Å². The number of aromatic nitrogens is 4. The zero-order valence-corrected chi connectivity index (χ0v) is 27.4. The van der Waals surface area contributed by atoms with Crippen molar-refractivity contribution < 1.29 is 13.7 Å². The van der Waals surface area contributed by atoms with Crippen LogP contribution in [0, 0.1) is 6.92 Å². The van der Waals surface area contributed by atoms with E-state index in [4.69, 9.17) is 30.0 Å². The summed E-state index contributed by atoms with van der Waals surface area (Å²) in [4.78, 5) is 26.5. The van der Waals surface area contributed by atoms with Crippen LogP contribution in [-0.2, 0) is 24.9 Å². The first-order chi connectivity index (χ1) is 22.8. The Bertz CT molecular complexity index is 1720. The number of nitrogens with zero attached hydrogens (tertiary/aromatic N) is 8. The van der Waals surface area contributed by atoms with Crippen LogP contribution in [0.3, 0.4) is 0 Å². The molecule has 0 amide bonds. The number of halogens is 1. The van der Waals surface area contributed by atoms with Gasteiger partial charge in [-0.15, -0.1) is 0 Å². The van der Waals surface area contributed by atoms with Crippen LogP contribution in [0.1, 0.15) is 72.6 Å². The first kappa shape index (κ1) is 30.4. The van der Waals surface area contributed by atoms with Gasteiger partial charge < -0.3 is 19.9 Å². The molecule has 1 aromatic carbocycles. The SMILES string of the molecule is Cc1noc(/C(N)=C/C2=NCCCN(c3nc(OC[C@@]45CCCN4CC(F)C5)nc4c3CN(C)[C@@]3(CCCc5ccccc53)C4)C2)n1. The summed E-state index contributed by atoms with van der Waals surface area (Å²) < 4.78 is 26.4. The molecule has 6 heterocycles. The molecule has 1 unspecified atom stereocenters. The molecule has 248 valence electrons. The van der Waals surface area contributed by atoms with Gasteiger partial charge in [-0.3, -0.25) is 14.8 Å². The Hall–Kier alpha value is -3.90. The van der Waals surface area contributed by atoms with E-state index in [1.54, 1.807) is 6.92 Å². The molecule has 2 fully saturated rings. The normalized spacial score (nSPS) is 28.1. The van der Waals surface area contributed by atoms with E-state index in [9.17, 15) is 4.39 Å². The van der Waals surface area contributed by atoms with Gasteiger partial charge in [0.15, 0.2) is 5.82 Å². The van der Waals surface area contributed by atoms with E-state index in [0.29, 0.717) is 56.1 Å². The molecule has 3 atom stereocenters. The van der Waals surface area contributed by atoms with Crippen LogP contribution in [0.15, 0.2) is 39.9 Å². The van der Waals surface area contributed by atoms with Gasteiger partial charge in [0, 0.05) is 44.6 Å². The van der Waals surface area contributed by atoms with E-state index in [-0.39, 0.29) is 11.1 Å². The van der Waals surface area contributed by atoms with Crippen LogP contribution < -0.4 is 15.4 Å². The first-order valence-corrected chi connectivity index (χ1v) is 17.1. The number of aryl methyl sites for hydroxylation is 2. The Morgan fingerprint density at radius 3 is 2.89 bits per heavy atom. The number of fused-ring (bicyclic) bond motifs is 4. The van der Waals surface area contributed by atoms with Gasteiger partial charge in [-0.2, -0.15) is 15.0 Å². The van der Waals surface area contributed by atoms with Gasteiger partial charge in [-0.05, 0) is 76.2 Å². The molecule has 1 spiro atoms. The predicted octanol–water partition coefficient (Wildman–Crippen LogP) is 3.99. The number of nitrogens with two attached hydrogens (primary N) is 1. The van der Waals surface area contributed by atoms with E-state index in [1.165, 1.54) is 11.1 Å². The third-order valence-corrected chi connectivity index (χ3v) is 11.1. The van der Waals surface area contributed by atoms with Crippen molar-refractivity contribution in [2.75, 3.05) is 51.3 Å². The number of benzene rings is 1. The molecule has 2 saturated heterocycles. The second kappa shape index (κ2) is 12.0. The minimum atomic E-state index is -0.813. The van der Waals surface area contributed by atoms with Crippen LogP contribution in [0.5, 0.6) is 6.01 Å². The van der Waals surface area contributed by atoms with Crippen molar-refractivity contribution in [3.8, 4) is 6.01 Å². The Kier molecular flexibility index (Phi) is 7.75. The lowest BCUT2D eigenvalue weighted by atomic mass is 9.71. The third kappa shape index (κ3) is 5.48. The summed E-state index contributed by atoms with van der Waals surface area (Å²) >= 11 is 0. The highest BCUT2D eigenvalue weighted by Crippen LogP contribution is 2.47. The number of rotatable bonds is 6. The number of anilines is 1. The quantitative estimate of drug-likeness (QED) is 0.423. The van der Waals surface area contributed by atoms with Crippen LogP contribution in [0.4, 0.5) is 10.2 Å². The van der Waals surface area contributed by atoms with Crippen LogP contribution in [-0.4, -0.2) is 93.7 Å². The topological polar surface area (TPSA) is 122 Å². The molecule has 3 aromatic rings. The number of likely N-dealkylation sites (N-methyl/N-ethyl adjacent to an activating group) is 1. The summed E-state index contributed by atoms with van der Waals surface area (Å²) in [7, 11) is 2.24. The summed E-state index contributed by atoms with van der Waals surface area (Å²) in [6.45, 7) is 6.28. The Morgan fingerprint density at radius 1 is 1.13 bits per heavy atom. The molecule has 8 rings (SSSR count). The Labute approximate surface area is 275 Å². The average molecular weight is 642 g/mol. The zero-order chi connectivity index (χ0) is 32.2. The summed E-state index contributed by atoms with van der Waals surface area (Å²) in [5.74, 6) is 1.70. The molecule has 5 aliphatic rings. The largest absolute Gasteiger partial charge is 0.461 e. The van der Waals surface area contributed by atoms with Crippen LogP contribution in [0.2, 0.25) is 0 Å². The minimum Gasteiger partial charge on any atom is -0.461 e. The molecule has 12 heteroatoms. The van der Waals surface area contributed by atoms with E-state index in [0.717, 1.165) is 87.4 Å². The molecule has 0 bridgehead atoms. The lowest BCUT2D eigenvalue weighted by molar-refractivity contribution is 0.0714. The molecule has 11 nitrogen and oxygen atoms in total. The van der Waals surface area contributed by atoms with Crippen molar-refractivity contribution in [3.05, 3.63) is 64.4 Å². The number of alkyl halides is 1. The Balaban J connectivity index is 1.16. The number of ether oxygens (including phenoxy) is 1. The molecule has 4 aliphatic heterocycles. The van der Waals surface area contributed by atoms with Crippen molar-refractivity contribution in [2.45, 2.75) is 82.1 Å². The standard InChI is InChI=1S/C35H44FN9O2/c1-23-39-32(47-42-23)29(37)16-26-20-44(14-7-13-38-26)31-27-21-43(2)35(12-5-9-24-8-3-4-10-28(24)35)18-30(27)40-33(41-31)46-22-34-11-6-15-45(34)19-25(36)17-34/h3-4,8,10,16,25H,5-7,9,11-15,17-22,37H2,1-2H3/b29-16-/t25?,34-,35-/m0/s1. The highest BCUT2D eigenvalue weighted by Gasteiger charge is 2.50. The maximum absolute atomic E-state index is 14.6. The lowest BCUT2D eigenvalue weighted by Gasteiger charge is -2.49. The van der Waals surface area contributed by atoms with Gasteiger partial charge in [-0.25, -0.2) is 4.39 Å². The maximum atomic E-state index is 14.6. The summed E-state index contributed by atoms with van der Waals surface area (Å²) in [6.07, 6.45) is 8.50. The van der Waals surface area contributed by atoms with Gasteiger partial charge in [-0.1, -0.05) is 29.4 Å². The second-order valence-electron chi connectivity index (χ2n) is 14.1. The fourth-order valence-electron chi connectivity index (χ4n) is 8.79. The fraction of sp³-hybridized carbons (Fsp3) is 0.571. The van der Waals surface area contributed by atoms with Crippen molar-refractivity contribution >= 4 is 17.2 Å². The zero-order valence-electron chi connectivity index (χ0n) is 27.4. The molecule has 0 saturated carbocycles. The van der Waals surface area contributed by atoms with E-state index in [2.05, 4.69) is 56.2 Å². The van der Waals surface area contributed by atoms with Gasteiger partial charge >= 0.3 is 6.01 Å². The van der Waals surface area contributed by atoms with Crippen LogP contribution in [0.25, 0.3) is 5.70 Å². The fourth-order valence-corrected chi connectivity index (χ4v) is 8.79. The molecular weight excluding hydrogens is 597 g/mol. The number of hydrogen-bond donors (Lipinski definition) is 1. The number of hydrogen-bond acceptors (Lipinski definition) is 11.